The molecule has 0 spiro atoms. The van der Waals surface area contributed by atoms with E-state index in [0.29, 0.717) is 6.04 Å². The summed E-state index contributed by atoms with van der Waals surface area (Å²) in [4.78, 5) is 2.45. The van der Waals surface area contributed by atoms with Gasteiger partial charge in [-0.05, 0) is 39.3 Å². The van der Waals surface area contributed by atoms with Crippen molar-refractivity contribution < 1.29 is 0 Å². The van der Waals surface area contributed by atoms with Gasteiger partial charge in [-0.15, -0.1) is 0 Å². The normalized spacial score (nSPS) is 26.3. The molecule has 0 aromatic heterocycles. The molecule has 1 aliphatic heterocycles. The van der Waals surface area contributed by atoms with E-state index in [2.05, 4.69) is 25.8 Å². The average molecular weight is 184 g/mol. The van der Waals surface area contributed by atoms with Gasteiger partial charge in [-0.3, -0.25) is 0 Å². The van der Waals surface area contributed by atoms with Crippen LogP contribution in [0.1, 0.15) is 46.0 Å². The Kier molecular flexibility index (Phi) is 3.74. The van der Waals surface area contributed by atoms with Crippen LogP contribution in [-0.2, 0) is 0 Å². The van der Waals surface area contributed by atoms with E-state index in [4.69, 9.17) is 5.73 Å². The Morgan fingerprint density at radius 2 is 1.92 bits per heavy atom. The van der Waals surface area contributed by atoms with Crippen LogP contribution in [0.3, 0.4) is 0 Å². The Labute approximate surface area is 82.5 Å². The fourth-order valence-electron chi connectivity index (χ4n) is 2.52. The zero-order valence-corrected chi connectivity index (χ0v) is 9.34. The highest BCUT2D eigenvalue weighted by atomic mass is 15.2. The molecular formula is C11H24N2. The Bertz CT molecular complexity index is 152. The molecule has 0 saturated carbocycles. The zero-order valence-electron chi connectivity index (χ0n) is 9.34. The van der Waals surface area contributed by atoms with E-state index < -0.39 is 0 Å². The number of likely N-dealkylation sites (tertiary alicyclic amines) is 1. The first-order valence-corrected chi connectivity index (χ1v) is 5.63. The van der Waals surface area contributed by atoms with Crippen molar-refractivity contribution in [1.82, 2.24) is 4.90 Å². The maximum Gasteiger partial charge on any atom is 0.0306 e. The molecule has 0 amide bonds. The molecule has 0 radical (unpaired) electrons. The Morgan fingerprint density at radius 3 is 2.38 bits per heavy atom. The molecule has 1 fully saturated rings. The quantitative estimate of drug-likeness (QED) is 0.727. The minimum absolute atomic E-state index is 0.0508. The molecule has 1 saturated heterocycles. The van der Waals surface area contributed by atoms with Crippen LogP contribution in [0.2, 0.25) is 0 Å². The lowest BCUT2D eigenvalue weighted by Gasteiger charge is -2.44. The second-order valence-electron chi connectivity index (χ2n) is 4.43. The van der Waals surface area contributed by atoms with E-state index in [0.717, 1.165) is 12.8 Å². The van der Waals surface area contributed by atoms with E-state index in [1.54, 1.807) is 0 Å². The van der Waals surface area contributed by atoms with Crippen LogP contribution < -0.4 is 5.73 Å². The van der Waals surface area contributed by atoms with E-state index in [1.165, 1.54) is 25.8 Å². The predicted octanol–water partition coefficient (Wildman–Crippen LogP) is 1.99. The van der Waals surface area contributed by atoms with Gasteiger partial charge >= 0.3 is 0 Å². The fraction of sp³-hybridized carbons (Fsp3) is 1.00. The van der Waals surface area contributed by atoms with Gasteiger partial charge < -0.3 is 10.6 Å². The molecule has 1 rings (SSSR count). The maximum absolute atomic E-state index is 6.42. The standard InChI is InChI=1S/C11H24N2/c1-4-11(12,5-2)10-8-6-7-9-13(10)3/h10H,4-9,12H2,1-3H3. The van der Waals surface area contributed by atoms with Gasteiger partial charge in [-0.2, -0.15) is 0 Å². The van der Waals surface area contributed by atoms with Crippen LogP contribution in [0.4, 0.5) is 0 Å². The minimum atomic E-state index is 0.0508. The smallest absolute Gasteiger partial charge is 0.0306 e. The molecule has 1 aliphatic rings. The molecule has 13 heavy (non-hydrogen) atoms. The first-order chi connectivity index (χ1) is 6.14. The Morgan fingerprint density at radius 1 is 1.31 bits per heavy atom. The number of likely N-dealkylation sites (N-methyl/N-ethyl adjacent to an activating group) is 1. The lowest BCUT2D eigenvalue weighted by molar-refractivity contribution is 0.101. The van der Waals surface area contributed by atoms with Gasteiger partial charge in [0.25, 0.3) is 0 Å². The molecule has 1 heterocycles. The summed E-state index contributed by atoms with van der Waals surface area (Å²) in [6.07, 6.45) is 6.18. The third kappa shape index (κ3) is 2.23. The van der Waals surface area contributed by atoms with E-state index in [1.807, 2.05) is 0 Å². The minimum Gasteiger partial charge on any atom is -0.324 e. The van der Waals surface area contributed by atoms with Crippen molar-refractivity contribution in [2.24, 2.45) is 5.73 Å². The lowest BCUT2D eigenvalue weighted by atomic mass is 9.80. The molecule has 0 aliphatic carbocycles. The maximum atomic E-state index is 6.42. The third-order valence-electron chi connectivity index (χ3n) is 3.75. The molecule has 2 N–H and O–H groups in total. The second-order valence-corrected chi connectivity index (χ2v) is 4.43. The number of nitrogens with two attached hydrogens (primary N) is 1. The van der Waals surface area contributed by atoms with Gasteiger partial charge in [-0.25, -0.2) is 0 Å². The molecular weight excluding hydrogens is 160 g/mol. The highest BCUT2D eigenvalue weighted by Gasteiger charge is 2.35. The highest BCUT2D eigenvalue weighted by molar-refractivity contribution is 4.96. The monoisotopic (exact) mass is 184 g/mol. The van der Waals surface area contributed by atoms with Crippen LogP contribution in [0.15, 0.2) is 0 Å². The summed E-state index contributed by atoms with van der Waals surface area (Å²) < 4.78 is 0. The summed E-state index contributed by atoms with van der Waals surface area (Å²) in [5.41, 5.74) is 6.47. The van der Waals surface area contributed by atoms with Gasteiger partial charge in [-0.1, -0.05) is 20.3 Å². The Hall–Kier alpha value is -0.0800. The highest BCUT2D eigenvalue weighted by Crippen LogP contribution is 2.27. The van der Waals surface area contributed by atoms with Gasteiger partial charge in [0.1, 0.15) is 0 Å². The van der Waals surface area contributed by atoms with Crippen molar-refractivity contribution in [3.63, 3.8) is 0 Å². The van der Waals surface area contributed by atoms with Crippen molar-refractivity contribution in [3.05, 3.63) is 0 Å². The summed E-state index contributed by atoms with van der Waals surface area (Å²) in [6, 6.07) is 0.608. The van der Waals surface area contributed by atoms with Crippen LogP contribution >= 0.6 is 0 Å². The number of nitrogens with zero attached hydrogens (tertiary/aromatic N) is 1. The van der Waals surface area contributed by atoms with Gasteiger partial charge in [0, 0.05) is 11.6 Å². The van der Waals surface area contributed by atoms with Crippen molar-refractivity contribution in [2.75, 3.05) is 13.6 Å². The number of piperidine rings is 1. The molecule has 2 heteroatoms. The third-order valence-corrected chi connectivity index (χ3v) is 3.75. The molecule has 0 aromatic rings. The fourth-order valence-corrected chi connectivity index (χ4v) is 2.52. The largest absolute Gasteiger partial charge is 0.324 e. The van der Waals surface area contributed by atoms with E-state index >= 15 is 0 Å². The van der Waals surface area contributed by atoms with Crippen molar-refractivity contribution in [1.29, 1.82) is 0 Å². The van der Waals surface area contributed by atoms with Crippen LogP contribution in [0.5, 0.6) is 0 Å². The van der Waals surface area contributed by atoms with Crippen molar-refractivity contribution in [2.45, 2.75) is 57.5 Å². The van der Waals surface area contributed by atoms with Gasteiger partial charge in [0.05, 0.1) is 0 Å². The topological polar surface area (TPSA) is 29.3 Å². The summed E-state index contributed by atoms with van der Waals surface area (Å²) >= 11 is 0. The summed E-state index contributed by atoms with van der Waals surface area (Å²) in [7, 11) is 2.22. The zero-order chi connectivity index (χ0) is 9.90. The molecule has 2 nitrogen and oxygen atoms in total. The van der Waals surface area contributed by atoms with Gasteiger partial charge in [0.15, 0.2) is 0 Å². The lowest BCUT2D eigenvalue weighted by Crippen LogP contribution is -2.58. The van der Waals surface area contributed by atoms with Crippen LogP contribution in [0, 0.1) is 0 Å². The predicted molar refractivity (Wildman–Crippen MR) is 57.8 cm³/mol. The summed E-state index contributed by atoms with van der Waals surface area (Å²) in [5.74, 6) is 0. The number of hydrogen-bond acceptors (Lipinski definition) is 2. The van der Waals surface area contributed by atoms with Crippen molar-refractivity contribution >= 4 is 0 Å². The second kappa shape index (κ2) is 4.43. The average Bonchev–Trinajstić information content (AvgIpc) is 2.17. The van der Waals surface area contributed by atoms with Crippen LogP contribution in [0.25, 0.3) is 0 Å². The van der Waals surface area contributed by atoms with Crippen LogP contribution in [-0.4, -0.2) is 30.1 Å². The summed E-state index contributed by atoms with van der Waals surface area (Å²) in [6.45, 7) is 5.65. The SMILES string of the molecule is CCC(N)(CC)C1CCCCN1C. The number of hydrogen-bond donors (Lipinski definition) is 1. The Balaban J connectivity index is 2.65. The first-order valence-electron chi connectivity index (χ1n) is 5.63. The van der Waals surface area contributed by atoms with Crippen molar-refractivity contribution in [3.8, 4) is 0 Å². The molecule has 1 unspecified atom stereocenters. The first kappa shape index (κ1) is 11.0. The summed E-state index contributed by atoms with van der Waals surface area (Å²) in [5, 5.41) is 0. The molecule has 1 atom stereocenters. The van der Waals surface area contributed by atoms with E-state index in [-0.39, 0.29) is 5.54 Å². The molecule has 78 valence electrons. The molecule has 0 bridgehead atoms. The van der Waals surface area contributed by atoms with E-state index in [9.17, 15) is 0 Å². The van der Waals surface area contributed by atoms with Gasteiger partial charge in [0.2, 0.25) is 0 Å². The molecule has 0 aromatic carbocycles. The number of rotatable bonds is 3.